The van der Waals surface area contributed by atoms with Crippen LogP contribution < -0.4 is 11.1 Å². The molecule has 1 amide bonds. The van der Waals surface area contributed by atoms with Gasteiger partial charge in [0.25, 0.3) is 0 Å². The second-order valence-electron chi connectivity index (χ2n) is 5.91. The van der Waals surface area contributed by atoms with Gasteiger partial charge < -0.3 is 11.1 Å². The van der Waals surface area contributed by atoms with E-state index in [9.17, 15) is 4.79 Å². The van der Waals surface area contributed by atoms with E-state index in [1.807, 2.05) is 26.0 Å². The third-order valence-corrected chi connectivity index (χ3v) is 4.52. The molecule has 2 rings (SSSR count). The van der Waals surface area contributed by atoms with E-state index in [-0.39, 0.29) is 18.3 Å². The molecule has 0 radical (unpaired) electrons. The summed E-state index contributed by atoms with van der Waals surface area (Å²) in [5.74, 6) is -0.182. The lowest BCUT2D eigenvalue weighted by atomic mass is 9.97. The average Bonchev–Trinajstić information content (AvgIpc) is 2.80. The molecule has 1 atom stereocenters. The molecule has 0 fully saturated rings. The van der Waals surface area contributed by atoms with E-state index in [1.165, 1.54) is 16.9 Å². The van der Waals surface area contributed by atoms with Gasteiger partial charge in [-0.05, 0) is 27.2 Å². The molecule has 0 spiro atoms. The van der Waals surface area contributed by atoms with Gasteiger partial charge in [-0.15, -0.1) is 23.7 Å². The number of amides is 1. The molecule has 1 heterocycles. The third-order valence-electron chi connectivity index (χ3n) is 3.63. The van der Waals surface area contributed by atoms with Crippen LogP contribution in [-0.4, -0.2) is 16.4 Å². The Bertz CT molecular complexity index is 665. The normalized spacial score (nSPS) is 13.1. The fourth-order valence-electron chi connectivity index (χ4n) is 2.30. The monoisotopic (exact) mass is 353 g/mol. The summed E-state index contributed by atoms with van der Waals surface area (Å²) >= 11 is 1.48. The summed E-state index contributed by atoms with van der Waals surface area (Å²) in [5.41, 5.74) is 8.38. The molecular weight excluding hydrogens is 330 g/mol. The summed E-state index contributed by atoms with van der Waals surface area (Å²) in [4.78, 5) is 17.9. The van der Waals surface area contributed by atoms with E-state index in [0.717, 1.165) is 22.6 Å². The molecule has 0 bridgehead atoms. The first kappa shape index (κ1) is 19.6. The van der Waals surface area contributed by atoms with Gasteiger partial charge in [-0.2, -0.15) is 0 Å². The first-order chi connectivity index (χ1) is 10.3. The SMILES string of the molecule is CCCC(C)(N)C(=O)Nc1nc(-c2ccc(C)cc2)c(C)s1.Cl. The van der Waals surface area contributed by atoms with Crippen LogP contribution in [-0.2, 0) is 4.79 Å². The van der Waals surface area contributed by atoms with Crippen LogP contribution in [0.2, 0.25) is 0 Å². The highest BCUT2D eigenvalue weighted by molar-refractivity contribution is 7.16. The number of benzene rings is 1. The molecule has 0 saturated carbocycles. The molecule has 0 aliphatic heterocycles. The largest absolute Gasteiger partial charge is 0.318 e. The number of aromatic nitrogens is 1. The van der Waals surface area contributed by atoms with Crippen LogP contribution in [0.3, 0.4) is 0 Å². The molecule has 1 aromatic carbocycles. The fraction of sp³-hybridized carbons (Fsp3) is 0.412. The van der Waals surface area contributed by atoms with Crippen molar-refractivity contribution in [3.05, 3.63) is 34.7 Å². The van der Waals surface area contributed by atoms with Crippen LogP contribution in [0.5, 0.6) is 0 Å². The van der Waals surface area contributed by atoms with Crippen LogP contribution in [0, 0.1) is 13.8 Å². The maximum absolute atomic E-state index is 12.3. The smallest absolute Gasteiger partial charge is 0.245 e. The average molecular weight is 354 g/mol. The summed E-state index contributed by atoms with van der Waals surface area (Å²) in [6, 6.07) is 8.22. The molecule has 0 saturated heterocycles. The Kier molecular flexibility index (Phi) is 6.74. The molecule has 1 unspecified atom stereocenters. The molecule has 0 aliphatic carbocycles. The minimum Gasteiger partial charge on any atom is -0.318 e. The van der Waals surface area contributed by atoms with E-state index in [2.05, 4.69) is 29.4 Å². The number of hydrogen-bond acceptors (Lipinski definition) is 4. The summed E-state index contributed by atoms with van der Waals surface area (Å²) in [6.07, 6.45) is 1.51. The Morgan fingerprint density at radius 1 is 1.30 bits per heavy atom. The van der Waals surface area contributed by atoms with Gasteiger partial charge in [-0.25, -0.2) is 4.98 Å². The number of nitrogens with zero attached hydrogens (tertiary/aromatic N) is 1. The zero-order valence-corrected chi connectivity index (χ0v) is 15.6. The molecule has 2 aromatic rings. The lowest BCUT2D eigenvalue weighted by Gasteiger charge is -2.21. The maximum Gasteiger partial charge on any atom is 0.245 e. The predicted octanol–water partition coefficient (Wildman–Crippen LogP) is 4.30. The fourth-order valence-corrected chi connectivity index (χ4v) is 3.13. The van der Waals surface area contributed by atoms with Gasteiger partial charge >= 0.3 is 0 Å². The number of nitrogens with one attached hydrogen (secondary N) is 1. The molecule has 126 valence electrons. The predicted molar refractivity (Wildman–Crippen MR) is 100 cm³/mol. The number of nitrogens with two attached hydrogens (primary N) is 1. The Morgan fingerprint density at radius 2 is 1.91 bits per heavy atom. The number of anilines is 1. The highest BCUT2D eigenvalue weighted by Gasteiger charge is 2.28. The van der Waals surface area contributed by atoms with Gasteiger partial charge in [0.2, 0.25) is 5.91 Å². The van der Waals surface area contributed by atoms with Crippen LogP contribution in [0.4, 0.5) is 5.13 Å². The second kappa shape index (κ2) is 7.90. The number of halogens is 1. The van der Waals surface area contributed by atoms with Crippen molar-refractivity contribution in [1.29, 1.82) is 0 Å². The van der Waals surface area contributed by atoms with Crippen molar-refractivity contribution in [2.75, 3.05) is 5.32 Å². The van der Waals surface area contributed by atoms with Crippen molar-refractivity contribution in [3.63, 3.8) is 0 Å². The van der Waals surface area contributed by atoms with E-state index < -0.39 is 5.54 Å². The maximum atomic E-state index is 12.3. The van der Waals surface area contributed by atoms with Crippen LogP contribution in [0.15, 0.2) is 24.3 Å². The standard InChI is InChI=1S/C17H23N3OS.ClH/c1-5-10-17(4,18)15(21)20-16-19-14(12(3)22-16)13-8-6-11(2)7-9-13;/h6-9H,5,10,18H2,1-4H3,(H,19,20,21);1H. The van der Waals surface area contributed by atoms with Gasteiger partial charge in [0.05, 0.1) is 11.2 Å². The summed E-state index contributed by atoms with van der Waals surface area (Å²) in [5, 5.41) is 3.46. The molecule has 0 aliphatic rings. The molecular formula is C17H24ClN3OS. The molecule has 3 N–H and O–H groups in total. The van der Waals surface area contributed by atoms with E-state index >= 15 is 0 Å². The van der Waals surface area contributed by atoms with Gasteiger partial charge in [-0.3, -0.25) is 4.79 Å². The number of carbonyl (C=O) groups is 1. The lowest BCUT2D eigenvalue weighted by molar-refractivity contribution is -0.120. The Morgan fingerprint density at radius 3 is 2.48 bits per heavy atom. The molecule has 6 heteroatoms. The number of thiazole rings is 1. The topological polar surface area (TPSA) is 68.0 Å². The minimum absolute atomic E-state index is 0. The quantitative estimate of drug-likeness (QED) is 0.841. The van der Waals surface area contributed by atoms with Crippen molar-refractivity contribution in [1.82, 2.24) is 4.98 Å². The summed E-state index contributed by atoms with van der Waals surface area (Å²) in [7, 11) is 0. The Balaban J connectivity index is 0.00000264. The number of carbonyl (C=O) groups excluding carboxylic acids is 1. The zero-order chi connectivity index (χ0) is 16.3. The van der Waals surface area contributed by atoms with E-state index in [0.29, 0.717) is 11.6 Å². The first-order valence-corrected chi connectivity index (χ1v) is 8.30. The number of aryl methyl sites for hydroxylation is 2. The van der Waals surface area contributed by atoms with Gasteiger partial charge in [0, 0.05) is 10.4 Å². The summed E-state index contributed by atoms with van der Waals surface area (Å²) in [6.45, 7) is 7.84. The van der Waals surface area contributed by atoms with Crippen molar-refractivity contribution in [2.45, 2.75) is 46.1 Å². The van der Waals surface area contributed by atoms with Crippen molar-refractivity contribution in [2.24, 2.45) is 5.73 Å². The number of hydrogen-bond donors (Lipinski definition) is 2. The molecule has 1 aromatic heterocycles. The van der Waals surface area contributed by atoms with Gasteiger partial charge in [-0.1, -0.05) is 43.2 Å². The van der Waals surface area contributed by atoms with Crippen LogP contribution in [0.1, 0.15) is 37.1 Å². The lowest BCUT2D eigenvalue weighted by Crippen LogP contribution is -2.48. The molecule has 23 heavy (non-hydrogen) atoms. The van der Waals surface area contributed by atoms with E-state index in [1.54, 1.807) is 6.92 Å². The van der Waals surface area contributed by atoms with Crippen molar-refractivity contribution < 1.29 is 4.79 Å². The van der Waals surface area contributed by atoms with Gasteiger partial charge in [0.1, 0.15) is 0 Å². The van der Waals surface area contributed by atoms with E-state index in [4.69, 9.17) is 5.73 Å². The van der Waals surface area contributed by atoms with Crippen molar-refractivity contribution in [3.8, 4) is 11.3 Å². The second-order valence-corrected chi connectivity index (χ2v) is 7.11. The number of rotatable bonds is 5. The van der Waals surface area contributed by atoms with Gasteiger partial charge in [0.15, 0.2) is 5.13 Å². The molecule has 4 nitrogen and oxygen atoms in total. The Labute approximate surface area is 147 Å². The zero-order valence-electron chi connectivity index (χ0n) is 14.0. The Hall–Kier alpha value is -1.43. The third kappa shape index (κ3) is 4.77. The highest BCUT2D eigenvalue weighted by Crippen LogP contribution is 2.31. The highest BCUT2D eigenvalue weighted by atomic mass is 35.5. The first-order valence-electron chi connectivity index (χ1n) is 7.48. The minimum atomic E-state index is -0.863. The van der Waals surface area contributed by atoms with Crippen LogP contribution in [0.25, 0.3) is 11.3 Å². The summed E-state index contributed by atoms with van der Waals surface area (Å²) < 4.78 is 0. The van der Waals surface area contributed by atoms with Crippen molar-refractivity contribution >= 4 is 34.8 Å². The van der Waals surface area contributed by atoms with Crippen LogP contribution >= 0.6 is 23.7 Å².